The predicted molar refractivity (Wildman–Crippen MR) is 95.1 cm³/mol. The highest BCUT2D eigenvalue weighted by atomic mass is 35.5. The third-order valence-electron chi connectivity index (χ3n) is 2.94. The maximum absolute atomic E-state index is 12.0. The number of carbonyl (C=O) groups excluding carboxylic acids is 1. The molecule has 0 unspecified atom stereocenters. The van der Waals surface area contributed by atoms with Gasteiger partial charge in [-0.05, 0) is 30.3 Å². The molecule has 2 aromatic heterocycles. The van der Waals surface area contributed by atoms with E-state index in [1.54, 1.807) is 36.4 Å². The van der Waals surface area contributed by atoms with Crippen LogP contribution in [0.1, 0.15) is 0 Å². The number of carbonyl (C=O) groups is 1. The average molecular weight is 381 g/mol. The number of anilines is 1. The van der Waals surface area contributed by atoms with E-state index in [2.05, 4.69) is 15.3 Å². The van der Waals surface area contributed by atoms with Gasteiger partial charge in [0.15, 0.2) is 5.16 Å². The van der Waals surface area contributed by atoms with Crippen LogP contribution in [0.4, 0.5) is 5.69 Å². The minimum Gasteiger partial charge on any atom is -0.325 e. The fourth-order valence-electron chi connectivity index (χ4n) is 1.93. The molecule has 122 valence electrons. The van der Waals surface area contributed by atoms with Crippen LogP contribution >= 0.6 is 35.0 Å². The Bertz CT molecular complexity index is 977. The predicted octanol–water partition coefficient (Wildman–Crippen LogP) is 3.13. The number of nitrogens with zero attached hydrogens (tertiary/aromatic N) is 3. The smallest absolute Gasteiger partial charge is 0.325 e. The Morgan fingerprint density at radius 3 is 2.79 bits per heavy atom. The molecule has 1 aromatic carbocycles. The van der Waals surface area contributed by atoms with E-state index in [9.17, 15) is 9.59 Å². The summed E-state index contributed by atoms with van der Waals surface area (Å²) in [6.45, 7) is 0. The normalized spacial score (nSPS) is 10.8. The molecule has 0 spiro atoms. The van der Waals surface area contributed by atoms with Crippen LogP contribution in [0.5, 0.6) is 0 Å². The third-order valence-corrected chi connectivity index (χ3v) is 4.25. The van der Waals surface area contributed by atoms with Crippen molar-refractivity contribution in [3.63, 3.8) is 0 Å². The van der Waals surface area contributed by atoms with Gasteiger partial charge in [0.05, 0.1) is 10.8 Å². The van der Waals surface area contributed by atoms with E-state index in [-0.39, 0.29) is 16.8 Å². The molecule has 24 heavy (non-hydrogen) atoms. The van der Waals surface area contributed by atoms with Crippen molar-refractivity contribution in [1.82, 2.24) is 14.4 Å². The van der Waals surface area contributed by atoms with Crippen molar-refractivity contribution in [1.29, 1.82) is 0 Å². The van der Waals surface area contributed by atoms with E-state index in [1.807, 2.05) is 0 Å². The molecule has 1 amide bonds. The van der Waals surface area contributed by atoms with Gasteiger partial charge in [-0.1, -0.05) is 41.0 Å². The van der Waals surface area contributed by atoms with Crippen molar-refractivity contribution < 1.29 is 4.79 Å². The van der Waals surface area contributed by atoms with Crippen molar-refractivity contribution in [2.45, 2.75) is 5.16 Å². The third kappa shape index (κ3) is 4.05. The summed E-state index contributed by atoms with van der Waals surface area (Å²) >= 11 is 12.8. The molecule has 9 heteroatoms. The first kappa shape index (κ1) is 16.8. The number of aromatic nitrogens is 3. The lowest BCUT2D eigenvalue weighted by molar-refractivity contribution is -0.113. The molecule has 0 fully saturated rings. The first-order valence-corrected chi connectivity index (χ1v) is 8.49. The fourth-order valence-corrected chi connectivity index (χ4v) is 2.91. The summed E-state index contributed by atoms with van der Waals surface area (Å²) in [6.07, 6.45) is 1.44. The standard InChI is InChI=1S/C15H10Cl2N4O2S/c16-9-2-1-3-11(6-9)18-13(22)8-24-14-19-12-5-4-10(17)7-21(12)15(23)20-14/h1-7H,8H2,(H,18,22). The quantitative estimate of drug-likeness (QED) is 0.703. The van der Waals surface area contributed by atoms with Crippen LogP contribution in [0.25, 0.3) is 5.65 Å². The molecule has 0 bridgehead atoms. The first-order valence-electron chi connectivity index (χ1n) is 6.75. The zero-order valence-electron chi connectivity index (χ0n) is 12.1. The second-order valence-corrected chi connectivity index (χ2v) is 6.53. The number of halogens is 2. The Morgan fingerprint density at radius 1 is 1.17 bits per heavy atom. The van der Waals surface area contributed by atoms with Crippen LogP contribution in [0, 0.1) is 0 Å². The lowest BCUT2D eigenvalue weighted by Crippen LogP contribution is -2.20. The second-order valence-electron chi connectivity index (χ2n) is 4.71. The van der Waals surface area contributed by atoms with Gasteiger partial charge in [0, 0.05) is 16.9 Å². The Balaban J connectivity index is 1.70. The fraction of sp³-hybridized carbons (Fsp3) is 0.0667. The van der Waals surface area contributed by atoms with E-state index < -0.39 is 5.69 Å². The van der Waals surface area contributed by atoms with Gasteiger partial charge in [-0.25, -0.2) is 14.2 Å². The van der Waals surface area contributed by atoms with E-state index in [0.29, 0.717) is 21.4 Å². The maximum atomic E-state index is 12.0. The maximum Gasteiger partial charge on any atom is 0.355 e. The zero-order valence-corrected chi connectivity index (χ0v) is 14.4. The SMILES string of the molecule is O=C(CSc1nc(=O)n2cc(Cl)ccc2n1)Nc1cccc(Cl)c1. The van der Waals surface area contributed by atoms with E-state index in [0.717, 1.165) is 11.8 Å². The molecule has 1 N–H and O–H groups in total. The monoisotopic (exact) mass is 380 g/mol. The van der Waals surface area contributed by atoms with Gasteiger partial charge in [-0.2, -0.15) is 4.98 Å². The van der Waals surface area contributed by atoms with Gasteiger partial charge in [-0.15, -0.1) is 0 Å². The van der Waals surface area contributed by atoms with Crippen molar-refractivity contribution in [3.05, 3.63) is 63.1 Å². The van der Waals surface area contributed by atoms with Crippen molar-refractivity contribution in [2.24, 2.45) is 0 Å². The Labute approximate surface area is 150 Å². The van der Waals surface area contributed by atoms with Gasteiger partial charge < -0.3 is 5.32 Å². The molecule has 0 aliphatic carbocycles. The van der Waals surface area contributed by atoms with Crippen LogP contribution in [-0.4, -0.2) is 26.0 Å². The lowest BCUT2D eigenvalue weighted by atomic mass is 10.3. The largest absolute Gasteiger partial charge is 0.355 e. The summed E-state index contributed by atoms with van der Waals surface area (Å²) in [5.74, 6) is -0.183. The molecule has 6 nitrogen and oxygen atoms in total. The van der Waals surface area contributed by atoms with E-state index >= 15 is 0 Å². The molecule has 0 radical (unpaired) electrons. The van der Waals surface area contributed by atoms with E-state index in [4.69, 9.17) is 23.2 Å². The summed E-state index contributed by atoms with van der Waals surface area (Å²) in [4.78, 5) is 32.0. The number of nitrogens with one attached hydrogen (secondary N) is 1. The Hall–Kier alpha value is -2.09. The molecule has 3 aromatic rings. The number of hydrogen-bond acceptors (Lipinski definition) is 5. The minimum absolute atomic E-state index is 0.0652. The van der Waals surface area contributed by atoms with Gasteiger partial charge in [-0.3, -0.25) is 4.79 Å². The molecular weight excluding hydrogens is 371 g/mol. The van der Waals surface area contributed by atoms with Gasteiger partial charge in [0.1, 0.15) is 5.65 Å². The molecule has 3 rings (SSSR count). The molecule has 2 heterocycles. The van der Waals surface area contributed by atoms with Crippen molar-refractivity contribution in [3.8, 4) is 0 Å². The summed E-state index contributed by atoms with van der Waals surface area (Å²) in [7, 11) is 0. The molecular formula is C15H10Cl2N4O2S. The Kier molecular flexibility index (Phi) is 5.03. The molecule has 0 aliphatic heterocycles. The topological polar surface area (TPSA) is 76.4 Å². The number of benzene rings is 1. The summed E-state index contributed by atoms with van der Waals surface area (Å²) in [5.41, 5.74) is 0.514. The average Bonchev–Trinajstić information content (AvgIpc) is 2.54. The van der Waals surface area contributed by atoms with Crippen molar-refractivity contribution in [2.75, 3.05) is 11.1 Å². The molecule has 0 saturated heterocycles. The van der Waals surface area contributed by atoms with E-state index in [1.165, 1.54) is 10.6 Å². The number of thioether (sulfide) groups is 1. The number of pyridine rings is 1. The van der Waals surface area contributed by atoms with Gasteiger partial charge in [0.25, 0.3) is 0 Å². The highest BCUT2D eigenvalue weighted by molar-refractivity contribution is 7.99. The van der Waals surface area contributed by atoms with Crippen LogP contribution in [-0.2, 0) is 4.79 Å². The van der Waals surface area contributed by atoms with Crippen LogP contribution in [0.3, 0.4) is 0 Å². The second kappa shape index (κ2) is 7.21. The molecule has 0 saturated carbocycles. The number of fused-ring (bicyclic) bond motifs is 1. The highest BCUT2D eigenvalue weighted by Gasteiger charge is 2.09. The zero-order chi connectivity index (χ0) is 17.1. The van der Waals surface area contributed by atoms with Crippen molar-refractivity contribution >= 4 is 52.2 Å². The summed E-state index contributed by atoms with van der Waals surface area (Å²) in [5, 5.41) is 3.88. The number of hydrogen-bond donors (Lipinski definition) is 1. The first-order chi connectivity index (χ1) is 11.5. The van der Waals surface area contributed by atoms with Crippen LogP contribution in [0.2, 0.25) is 10.0 Å². The lowest BCUT2D eigenvalue weighted by Gasteiger charge is -2.05. The summed E-state index contributed by atoms with van der Waals surface area (Å²) < 4.78 is 1.25. The van der Waals surface area contributed by atoms with Crippen LogP contribution < -0.4 is 11.0 Å². The molecule has 0 atom stereocenters. The summed E-state index contributed by atoms with van der Waals surface area (Å²) in [6, 6.07) is 10.1. The molecule has 0 aliphatic rings. The number of rotatable bonds is 4. The minimum atomic E-state index is -0.500. The van der Waals surface area contributed by atoms with Gasteiger partial charge in [0.2, 0.25) is 5.91 Å². The van der Waals surface area contributed by atoms with Gasteiger partial charge >= 0.3 is 5.69 Å². The van der Waals surface area contributed by atoms with Crippen LogP contribution in [0.15, 0.2) is 52.5 Å². The Morgan fingerprint density at radius 2 is 2.00 bits per heavy atom. The highest BCUT2D eigenvalue weighted by Crippen LogP contribution is 2.17. The number of amides is 1.